The van der Waals surface area contributed by atoms with Gasteiger partial charge in [-0.3, -0.25) is 4.90 Å². The van der Waals surface area contributed by atoms with Crippen molar-refractivity contribution in [2.45, 2.75) is 6.54 Å². The van der Waals surface area contributed by atoms with Crippen LogP contribution < -0.4 is 10.6 Å². The Morgan fingerprint density at radius 2 is 1.73 bits per heavy atom. The summed E-state index contributed by atoms with van der Waals surface area (Å²) in [6.45, 7) is 5.57. The molecule has 2 aliphatic rings. The number of nitrogens with zero attached hydrogens (tertiary/aromatic N) is 4. The van der Waals surface area contributed by atoms with E-state index < -0.39 is 0 Å². The molecule has 0 spiro atoms. The third kappa shape index (κ3) is 2.64. The fraction of sp³-hybridized carbons (Fsp3) is 0.412. The number of nitrogens with two attached hydrogens (primary N) is 1. The Hall–Kier alpha value is -2.14. The number of benzene rings is 1. The first-order valence-corrected chi connectivity index (χ1v) is 7.88. The van der Waals surface area contributed by atoms with Crippen molar-refractivity contribution in [1.82, 2.24) is 14.9 Å². The Bertz CT molecular complexity index is 631. The van der Waals surface area contributed by atoms with Crippen molar-refractivity contribution in [2.75, 3.05) is 36.8 Å². The monoisotopic (exact) mass is 295 g/mol. The zero-order valence-corrected chi connectivity index (χ0v) is 12.6. The molecule has 1 aromatic carbocycles. The van der Waals surface area contributed by atoms with Gasteiger partial charge in [0.2, 0.25) is 5.95 Å². The van der Waals surface area contributed by atoms with Crippen LogP contribution in [0.2, 0.25) is 0 Å². The molecule has 2 N–H and O–H groups in total. The molecule has 0 amide bonds. The molecule has 0 saturated carbocycles. The summed E-state index contributed by atoms with van der Waals surface area (Å²) in [5, 5.41) is 0. The van der Waals surface area contributed by atoms with Crippen LogP contribution in [-0.4, -0.2) is 41.0 Å². The molecule has 0 aliphatic carbocycles. The second-order valence-electron chi connectivity index (χ2n) is 6.38. The highest BCUT2D eigenvalue weighted by atomic mass is 15.3. The van der Waals surface area contributed by atoms with E-state index in [2.05, 4.69) is 50.1 Å². The molecule has 4 rings (SSSR count). The molecule has 114 valence electrons. The van der Waals surface area contributed by atoms with E-state index in [9.17, 15) is 0 Å². The molecule has 2 atom stereocenters. The van der Waals surface area contributed by atoms with Crippen molar-refractivity contribution in [3.63, 3.8) is 0 Å². The first kappa shape index (κ1) is 13.5. The SMILES string of the molecule is Nc1nccc(N2C[C@H]3CN(Cc4ccccc4)C[C@H]3C2)n1. The van der Waals surface area contributed by atoms with E-state index in [1.165, 1.54) is 18.7 Å². The second-order valence-corrected chi connectivity index (χ2v) is 6.38. The standard InChI is InChI=1S/C17H21N5/c18-17-19-7-6-16(20-17)22-11-14-9-21(10-15(14)12-22)8-13-4-2-1-3-5-13/h1-7,14-15H,8-12H2,(H2,18,19,20)/t14-,15+. The second kappa shape index (κ2) is 5.57. The van der Waals surface area contributed by atoms with Gasteiger partial charge in [0, 0.05) is 38.9 Å². The topological polar surface area (TPSA) is 58.3 Å². The average molecular weight is 295 g/mol. The van der Waals surface area contributed by atoms with Crippen molar-refractivity contribution < 1.29 is 0 Å². The number of anilines is 2. The number of likely N-dealkylation sites (tertiary alicyclic amines) is 1. The van der Waals surface area contributed by atoms with Crippen LogP contribution in [0.5, 0.6) is 0 Å². The smallest absolute Gasteiger partial charge is 0.221 e. The minimum absolute atomic E-state index is 0.361. The van der Waals surface area contributed by atoms with E-state index in [-0.39, 0.29) is 0 Å². The van der Waals surface area contributed by atoms with Crippen LogP contribution in [-0.2, 0) is 6.54 Å². The Kier molecular flexibility index (Phi) is 3.42. The minimum atomic E-state index is 0.361. The minimum Gasteiger partial charge on any atom is -0.368 e. The molecule has 5 nitrogen and oxygen atoms in total. The van der Waals surface area contributed by atoms with E-state index in [1.54, 1.807) is 6.20 Å². The summed E-state index contributed by atoms with van der Waals surface area (Å²) in [4.78, 5) is 13.3. The van der Waals surface area contributed by atoms with Crippen molar-refractivity contribution in [1.29, 1.82) is 0 Å². The summed E-state index contributed by atoms with van der Waals surface area (Å²) in [5.41, 5.74) is 7.10. The summed E-state index contributed by atoms with van der Waals surface area (Å²) in [6.07, 6.45) is 1.74. The van der Waals surface area contributed by atoms with E-state index in [4.69, 9.17) is 5.73 Å². The van der Waals surface area contributed by atoms with E-state index in [1.807, 2.05) is 6.07 Å². The fourth-order valence-corrected chi connectivity index (χ4v) is 3.79. The third-order valence-corrected chi connectivity index (χ3v) is 4.79. The largest absolute Gasteiger partial charge is 0.368 e. The van der Waals surface area contributed by atoms with Crippen molar-refractivity contribution in [2.24, 2.45) is 11.8 Å². The zero-order chi connectivity index (χ0) is 14.9. The molecular formula is C17H21N5. The van der Waals surface area contributed by atoms with Crippen molar-refractivity contribution >= 4 is 11.8 Å². The predicted octanol–water partition coefficient (Wildman–Crippen LogP) is 1.63. The van der Waals surface area contributed by atoms with Crippen LogP contribution >= 0.6 is 0 Å². The van der Waals surface area contributed by atoms with Crippen LogP contribution in [0, 0.1) is 11.8 Å². The summed E-state index contributed by atoms with van der Waals surface area (Å²) in [7, 11) is 0. The van der Waals surface area contributed by atoms with E-state index in [0.29, 0.717) is 5.95 Å². The summed E-state index contributed by atoms with van der Waals surface area (Å²) >= 11 is 0. The number of fused-ring (bicyclic) bond motifs is 1. The van der Waals surface area contributed by atoms with Gasteiger partial charge in [-0.05, 0) is 23.5 Å². The number of aromatic nitrogens is 2. The Morgan fingerprint density at radius 1 is 1.00 bits per heavy atom. The quantitative estimate of drug-likeness (QED) is 0.932. The van der Waals surface area contributed by atoms with E-state index >= 15 is 0 Å². The van der Waals surface area contributed by atoms with Crippen LogP contribution in [0.15, 0.2) is 42.6 Å². The maximum absolute atomic E-state index is 5.69. The number of hydrogen-bond acceptors (Lipinski definition) is 5. The molecule has 0 radical (unpaired) electrons. The molecule has 5 heteroatoms. The maximum Gasteiger partial charge on any atom is 0.221 e. The van der Waals surface area contributed by atoms with Gasteiger partial charge >= 0.3 is 0 Å². The molecule has 0 bridgehead atoms. The lowest BCUT2D eigenvalue weighted by atomic mass is 10.0. The molecule has 2 aliphatic heterocycles. The number of rotatable bonds is 3. The van der Waals surface area contributed by atoms with Gasteiger partial charge in [0.25, 0.3) is 0 Å². The third-order valence-electron chi connectivity index (χ3n) is 4.79. The van der Waals surface area contributed by atoms with Crippen LogP contribution in [0.25, 0.3) is 0 Å². The Morgan fingerprint density at radius 3 is 2.41 bits per heavy atom. The summed E-state index contributed by atoms with van der Waals surface area (Å²) in [5.74, 6) is 2.80. The van der Waals surface area contributed by atoms with Gasteiger partial charge in [-0.1, -0.05) is 30.3 Å². The summed E-state index contributed by atoms with van der Waals surface area (Å²) < 4.78 is 0. The number of hydrogen-bond donors (Lipinski definition) is 1. The van der Waals surface area contributed by atoms with Gasteiger partial charge in [-0.15, -0.1) is 0 Å². The van der Waals surface area contributed by atoms with Gasteiger partial charge in [0.1, 0.15) is 5.82 Å². The molecule has 2 saturated heterocycles. The molecule has 22 heavy (non-hydrogen) atoms. The number of nitrogen functional groups attached to an aromatic ring is 1. The highest BCUT2D eigenvalue weighted by Gasteiger charge is 2.40. The first-order valence-electron chi connectivity index (χ1n) is 7.88. The van der Waals surface area contributed by atoms with Gasteiger partial charge < -0.3 is 10.6 Å². The normalized spacial score (nSPS) is 24.6. The molecule has 1 aromatic heterocycles. The zero-order valence-electron chi connectivity index (χ0n) is 12.6. The highest BCUT2D eigenvalue weighted by Crippen LogP contribution is 2.33. The van der Waals surface area contributed by atoms with Gasteiger partial charge in [-0.2, -0.15) is 4.98 Å². The predicted molar refractivity (Wildman–Crippen MR) is 87.4 cm³/mol. The lowest BCUT2D eigenvalue weighted by Gasteiger charge is -2.22. The van der Waals surface area contributed by atoms with Crippen LogP contribution in [0.3, 0.4) is 0 Å². The van der Waals surface area contributed by atoms with Gasteiger partial charge in [0.05, 0.1) is 0 Å². The summed E-state index contributed by atoms with van der Waals surface area (Å²) in [6, 6.07) is 12.7. The van der Waals surface area contributed by atoms with Crippen molar-refractivity contribution in [3.8, 4) is 0 Å². The van der Waals surface area contributed by atoms with Gasteiger partial charge in [-0.25, -0.2) is 4.98 Å². The molecule has 2 aromatic rings. The molecule has 3 heterocycles. The maximum atomic E-state index is 5.69. The average Bonchev–Trinajstić information content (AvgIpc) is 3.06. The first-order chi connectivity index (χ1) is 10.8. The molecular weight excluding hydrogens is 274 g/mol. The van der Waals surface area contributed by atoms with E-state index in [0.717, 1.165) is 37.3 Å². The lowest BCUT2D eigenvalue weighted by molar-refractivity contribution is 0.309. The molecule has 0 unspecified atom stereocenters. The fourth-order valence-electron chi connectivity index (χ4n) is 3.79. The molecule has 2 fully saturated rings. The highest BCUT2D eigenvalue weighted by molar-refractivity contribution is 5.42. The Labute approximate surface area is 130 Å². The van der Waals surface area contributed by atoms with Crippen molar-refractivity contribution in [3.05, 3.63) is 48.2 Å². The van der Waals surface area contributed by atoms with Crippen LogP contribution in [0.4, 0.5) is 11.8 Å². The van der Waals surface area contributed by atoms with Gasteiger partial charge in [0.15, 0.2) is 0 Å². The van der Waals surface area contributed by atoms with Crippen LogP contribution in [0.1, 0.15) is 5.56 Å². The Balaban J connectivity index is 1.38. The lowest BCUT2D eigenvalue weighted by Crippen LogP contribution is -2.29.